The monoisotopic (exact) mass is 347 g/mol. The van der Waals surface area contributed by atoms with Gasteiger partial charge in [0.2, 0.25) is 5.91 Å². The zero-order valence-corrected chi connectivity index (χ0v) is 15.4. The van der Waals surface area contributed by atoms with E-state index >= 15 is 0 Å². The number of hydrogen-bond donors (Lipinski definition) is 2. The summed E-state index contributed by atoms with van der Waals surface area (Å²) in [5.74, 6) is 0.841. The molecule has 6 nitrogen and oxygen atoms in total. The van der Waals surface area contributed by atoms with Crippen molar-refractivity contribution >= 4 is 11.9 Å². The topological polar surface area (TPSA) is 70.7 Å². The number of rotatable bonds is 6. The third-order valence-electron chi connectivity index (χ3n) is 4.16. The number of nitrogens with zero attached hydrogens (tertiary/aromatic N) is 1. The summed E-state index contributed by atoms with van der Waals surface area (Å²) < 4.78 is 5.40. The lowest BCUT2D eigenvalue weighted by molar-refractivity contribution is -0.121. The highest BCUT2D eigenvalue weighted by Gasteiger charge is 2.24. The number of benzene rings is 1. The summed E-state index contributed by atoms with van der Waals surface area (Å²) in [6.07, 6.45) is 1.95. The number of amides is 3. The van der Waals surface area contributed by atoms with Crippen molar-refractivity contribution < 1.29 is 14.3 Å². The Bertz CT molecular complexity index is 564. The number of hydrogen-bond acceptors (Lipinski definition) is 3. The molecule has 1 aliphatic heterocycles. The van der Waals surface area contributed by atoms with Gasteiger partial charge in [-0.3, -0.25) is 4.79 Å². The van der Waals surface area contributed by atoms with Crippen molar-refractivity contribution in [2.24, 2.45) is 0 Å². The summed E-state index contributed by atoms with van der Waals surface area (Å²) in [6, 6.07) is 7.87. The number of carbonyl (C=O) groups excluding carboxylic acids is 2. The normalized spacial score (nSPS) is 15.1. The molecule has 3 amide bonds. The van der Waals surface area contributed by atoms with Crippen molar-refractivity contribution in [2.45, 2.75) is 52.1 Å². The van der Waals surface area contributed by atoms with Gasteiger partial charge in [0.25, 0.3) is 0 Å². The predicted octanol–water partition coefficient (Wildman–Crippen LogP) is 2.33. The second kappa shape index (κ2) is 9.30. The summed E-state index contributed by atoms with van der Waals surface area (Å²) >= 11 is 0. The fourth-order valence-corrected chi connectivity index (χ4v) is 2.90. The van der Waals surface area contributed by atoms with E-state index in [1.54, 1.807) is 0 Å². The predicted molar refractivity (Wildman–Crippen MR) is 97.7 cm³/mol. The number of urea groups is 1. The molecule has 1 aromatic carbocycles. The maximum atomic E-state index is 12.2. The van der Waals surface area contributed by atoms with Gasteiger partial charge in [-0.15, -0.1) is 0 Å². The summed E-state index contributed by atoms with van der Waals surface area (Å²) in [7, 11) is 0. The highest BCUT2D eigenvalue weighted by atomic mass is 16.5. The quantitative estimate of drug-likeness (QED) is 0.830. The Kier molecular flexibility index (Phi) is 7.10. The highest BCUT2D eigenvalue weighted by molar-refractivity contribution is 5.79. The van der Waals surface area contributed by atoms with Crippen LogP contribution in [0.2, 0.25) is 0 Å². The van der Waals surface area contributed by atoms with Gasteiger partial charge in [-0.1, -0.05) is 12.1 Å². The van der Waals surface area contributed by atoms with Crippen LogP contribution in [0.3, 0.4) is 0 Å². The highest BCUT2D eigenvalue weighted by Crippen LogP contribution is 2.14. The molecular formula is C19H29N3O3. The molecule has 2 rings (SSSR count). The standard InChI is InChI=1S/C19H29N3O3/c1-4-25-17-7-5-15(6-8-17)13-18(23)21-16-9-11-22(12-10-16)19(24)20-14(2)3/h5-8,14,16H,4,9-13H2,1-3H3,(H,20,24)(H,21,23). The molecular weight excluding hydrogens is 318 g/mol. The lowest BCUT2D eigenvalue weighted by atomic mass is 10.0. The summed E-state index contributed by atoms with van der Waals surface area (Å²) in [4.78, 5) is 26.0. The molecule has 1 heterocycles. The molecule has 0 aliphatic carbocycles. The van der Waals surface area contributed by atoms with Crippen molar-refractivity contribution in [1.82, 2.24) is 15.5 Å². The van der Waals surface area contributed by atoms with Crippen molar-refractivity contribution in [2.75, 3.05) is 19.7 Å². The first-order valence-electron chi connectivity index (χ1n) is 9.04. The summed E-state index contributed by atoms with van der Waals surface area (Å²) in [5.41, 5.74) is 0.967. The van der Waals surface area contributed by atoms with Crippen LogP contribution in [-0.2, 0) is 11.2 Å². The second-order valence-electron chi connectivity index (χ2n) is 6.69. The van der Waals surface area contributed by atoms with E-state index in [0.29, 0.717) is 26.1 Å². The lowest BCUT2D eigenvalue weighted by Gasteiger charge is -2.33. The first-order valence-corrected chi connectivity index (χ1v) is 9.04. The Morgan fingerprint density at radius 3 is 2.40 bits per heavy atom. The van der Waals surface area contributed by atoms with Crippen molar-refractivity contribution in [3.05, 3.63) is 29.8 Å². The van der Waals surface area contributed by atoms with Crippen LogP contribution in [0.5, 0.6) is 5.75 Å². The average molecular weight is 347 g/mol. The molecule has 6 heteroatoms. The van der Waals surface area contributed by atoms with E-state index in [2.05, 4.69) is 10.6 Å². The molecule has 1 aromatic rings. The second-order valence-corrected chi connectivity index (χ2v) is 6.69. The number of carbonyl (C=O) groups is 2. The van der Waals surface area contributed by atoms with Crippen LogP contribution in [-0.4, -0.2) is 48.6 Å². The first-order chi connectivity index (χ1) is 12.0. The molecule has 0 unspecified atom stereocenters. The number of likely N-dealkylation sites (tertiary alicyclic amines) is 1. The molecule has 0 atom stereocenters. The van der Waals surface area contributed by atoms with Crippen LogP contribution in [0.15, 0.2) is 24.3 Å². The van der Waals surface area contributed by atoms with Crippen LogP contribution < -0.4 is 15.4 Å². The third kappa shape index (κ3) is 6.29. The number of nitrogens with one attached hydrogen (secondary N) is 2. The molecule has 1 fully saturated rings. The van der Waals surface area contributed by atoms with Crippen molar-refractivity contribution in [1.29, 1.82) is 0 Å². The van der Waals surface area contributed by atoms with E-state index in [1.165, 1.54) is 0 Å². The Balaban J connectivity index is 1.74. The van der Waals surface area contributed by atoms with E-state index < -0.39 is 0 Å². The van der Waals surface area contributed by atoms with E-state index in [1.807, 2.05) is 49.9 Å². The Labute approximate surface area is 149 Å². The van der Waals surface area contributed by atoms with Crippen LogP contribution in [0.4, 0.5) is 4.79 Å². The number of ether oxygens (including phenoxy) is 1. The largest absolute Gasteiger partial charge is 0.494 e. The maximum Gasteiger partial charge on any atom is 0.317 e. The Morgan fingerprint density at radius 1 is 1.20 bits per heavy atom. The van der Waals surface area contributed by atoms with Crippen LogP contribution >= 0.6 is 0 Å². The lowest BCUT2D eigenvalue weighted by Crippen LogP contribution is -2.50. The third-order valence-corrected chi connectivity index (χ3v) is 4.16. The molecule has 1 aliphatic rings. The molecule has 25 heavy (non-hydrogen) atoms. The number of piperidine rings is 1. The SMILES string of the molecule is CCOc1ccc(CC(=O)NC2CCN(C(=O)NC(C)C)CC2)cc1. The van der Waals surface area contributed by atoms with Gasteiger partial charge in [0.15, 0.2) is 0 Å². The summed E-state index contributed by atoms with van der Waals surface area (Å²) in [5, 5.41) is 5.98. The average Bonchev–Trinajstić information content (AvgIpc) is 2.57. The molecule has 1 saturated heterocycles. The fourth-order valence-electron chi connectivity index (χ4n) is 2.90. The first kappa shape index (κ1) is 19.1. The van der Waals surface area contributed by atoms with E-state index in [0.717, 1.165) is 24.2 Å². The smallest absolute Gasteiger partial charge is 0.317 e. The zero-order valence-electron chi connectivity index (χ0n) is 15.4. The van der Waals surface area contributed by atoms with Crippen molar-refractivity contribution in [3.8, 4) is 5.75 Å². The maximum absolute atomic E-state index is 12.2. The van der Waals surface area contributed by atoms with Gasteiger partial charge in [0.1, 0.15) is 5.75 Å². The minimum absolute atomic E-state index is 0.0193. The molecule has 0 bridgehead atoms. The van der Waals surface area contributed by atoms with E-state index in [4.69, 9.17) is 4.74 Å². The molecule has 0 spiro atoms. The minimum Gasteiger partial charge on any atom is -0.494 e. The van der Waals surface area contributed by atoms with Gasteiger partial charge in [-0.05, 0) is 51.3 Å². The Hall–Kier alpha value is -2.24. The van der Waals surface area contributed by atoms with Gasteiger partial charge in [0, 0.05) is 25.2 Å². The van der Waals surface area contributed by atoms with Crippen LogP contribution in [0.25, 0.3) is 0 Å². The van der Waals surface area contributed by atoms with Gasteiger partial charge in [-0.25, -0.2) is 4.79 Å². The molecule has 0 saturated carbocycles. The van der Waals surface area contributed by atoms with Gasteiger partial charge in [-0.2, -0.15) is 0 Å². The van der Waals surface area contributed by atoms with Crippen LogP contribution in [0.1, 0.15) is 39.2 Å². The van der Waals surface area contributed by atoms with Gasteiger partial charge in [0.05, 0.1) is 13.0 Å². The summed E-state index contributed by atoms with van der Waals surface area (Å²) in [6.45, 7) is 7.82. The molecule has 138 valence electrons. The minimum atomic E-state index is -0.0193. The fraction of sp³-hybridized carbons (Fsp3) is 0.579. The zero-order chi connectivity index (χ0) is 18.2. The van der Waals surface area contributed by atoms with Gasteiger partial charge < -0.3 is 20.3 Å². The van der Waals surface area contributed by atoms with E-state index in [-0.39, 0.29) is 24.0 Å². The van der Waals surface area contributed by atoms with Crippen molar-refractivity contribution in [3.63, 3.8) is 0 Å². The Morgan fingerprint density at radius 2 is 1.84 bits per heavy atom. The molecule has 0 aromatic heterocycles. The van der Waals surface area contributed by atoms with Crippen LogP contribution in [0, 0.1) is 0 Å². The van der Waals surface area contributed by atoms with Gasteiger partial charge >= 0.3 is 6.03 Å². The molecule has 0 radical (unpaired) electrons. The van der Waals surface area contributed by atoms with E-state index in [9.17, 15) is 9.59 Å². The molecule has 2 N–H and O–H groups in total.